The van der Waals surface area contributed by atoms with Crippen molar-refractivity contribution in [3.8, 4) is 0 Å². The Labute approximate surface area is 150 Å². The SMILES string of the molecule is CN(C)c1cccc(NC(=O)C(=O)N2C(C)(C)CC(N)CC2(C)C)c1. The van der Waals surface area contributed by atoms with E-state index < -0.39 is 22.9 Å². The van der Waals surface area contributed by atoms with E-state index in [1.54, 1.807) is 11.0 Å². The second-order valence-electron chi connectivity index (χ2n) is 8.33. The molecule has 0 radical (unpaired) electrons. The smallest absolute Gasteiger partial charge is 0.313 e. The predicted molar refractivity (Wildman–Crippen MR) is 102 cm³/mol. The van der Waals surface area contributed by atoms with Gasteiger partial charge in [0.2, 0.25) is 0 Å². The first-order valence-corrected chi connectivity index (χ1v) is 8.63. The van der Waals surface area contributed by atoms with Gasteiger partial charge in [-0.15, -0.1) is 0 Å². The Morgan fingerprint density at radius 3 is 2.24 bits per heavy atom. The van der Waals surface area contributed by atoms with Crippen molar-refractivity contribution < 1.29 is 9.59 Å². The Balaban J connectivity index is 2.21. The molecule has 0 atom stereocenters. The summed E-state index contributed by atoms with van der Waals surface area (Å²) < 4.78 is 0. The number of amides is 2. The lowest BCUT2D eigenvalue weighted by atomic mass is 9.77. The molecule has 0 aromatic heterocycles. The molecule has 1 aliphatic rings. The molecule has 1 aliphatic heterocycles. The van der Waals surface area contributed by atoms with E-state index in [1.165, 1.54) is 0 Å². The molecule has 1 aromatic carbocycles. The molecule has 1 aromatic rings. The van der Waals surface area contributed by atoms with Crippen molar-refractivity contribution in [1.29, 1.82) is 0 Å². The minimum Gasteiger partial charge on any atom is -0.378 e. The van der Waals surface area contributed by atoms with E-state index in [0.717, 1.165) is 5.69 Å². The highest BCUT2D eigenvalue weighted by Gasteiger charge is 2.48. The molecule has 25 heavy (non-hydrogen) atoms. The summed E-state index contributed by atoms with van der Waals surface area (Å²) in [5, 5.41) is 2.73. The quantitative estimate of drug-likeness (QED) is 0.805. The number of carbonyl (C=O) groups excluding carboxylic acids is 2. The van der Waals surface area contributed by atoms with Gasteiger partial charge in [0, 0.05) is 42.6 Å². The second-order valence-corrected chi connectivity index (χ2v) is 8.33. The van der Waals surface area contributed by atoms with Crippen LogP contribution in [0.15, 0.2) is 24.3 Å². The van der Waals surface area contributed by atoms with Crippen LogP contribution in [0.1, 0.15) is 40.5 Å². The van der Waals surface area contributed by atoms with Crippen molar-refractivity contribution in [2.75, 3.05) is 24.3 Å². The van der Waals surface area contributed by atoms with E-state index in [0.29, 0.717) is 18.5 Å². The summed E-state index contributed by atoms with van der Waals surface area (Å²) in [5.74, 6) is -1.13. The first kappa shape index (κ1) is 19.2. The van der Waals surface area contributed by atoms with E-state index in [4.69, 9.17) is 5.73 Å². The molecule has 2 amide bonds. The van der Waals surface area contributed by atoms with Crippen molar-refractivity contribution in [3.63, 3.8) is 0 Å². The lowest BCUT2D eigenvalue weighted by molar-refractivity contribution is -0.156. The third-order valence-corrected chi connectivity index (χ3v) is 4.75. The first-order chi connectivity index (χ1) is 11.4. The molecule has 1 saturated heterocycles. The summed E-state index contributed by atoms with van der Waals surface area (Å²) in [6.07, 6.45) is 1.34. The molecule has 0 aliphatic carbocycles. The molecule has 6 heteroatoms. The van der Waals surface area contributed by atoms with Crippen LogP contribution in [0.4, 0.5) is 11.4 Å². The monoisotopic (exact) mass is 346 g/mol. The maximum atomic E-state index is 12.9. The van der Waals surface area contributed by atoms with Crippen LogP contribution < -0.4 is 16.0 Å². The molecule has 1 heterocycles. The lowest BCUT2D eigenvalue weighted by Crippen LogP contribution is -2.66. The van der Waals surface area contributed by atoms with Gasteiger partial charge < -0.3 is 20.9 Å². The Morgan fingerprint density at radius 2 is 1.72 bits per heavy atom. The lowest BCUT2D eigenvalue weighted by Gasteiger charge is -2.54. The topological polar surface area (TPSA) is 78.7 Å². The van der Waals surface area contributed by atoms with Crippen molar-refractivity contribution in [1.82, 2.24) is 4.90 Å². The summed E-state index contributed by atoms with van der Waals surface area (Å²) in [6, 6.07) is 7.43. The van der Waals surface area contributed by atoms with Gasteiger partial charge in [-0.2, -0.15) is 0 Å². The zero-order chi connectivity index (χ0) is 19.0. The molecule has 0 spiro atoms. The zero-order valence-electron chi connectivity index (χ0n) is 16.1. The standard InChI is InChI=1S/C19H30N4O2/c1-18(2)11-13(20)12-19(3,4)23(18)17(25)16(24)21-14-8-7-9-15(10-14)22(5)6/h7-10,13H,11-12,20H2,1-6H3,(H,21,24). The van der Waals surface area contributed by atoms with E-state index >= 15 is 0 Å². The number of carbonyl (C=O) groups is 2. The van der Waals surface area contributed by atoms with Crippen molar-refractivity contribution in [2.45, 2.75) is 57.7 Å². The number of anilines is 2. The fraction of sp³-hybridized carbons (Fsp3) is 0.579. The fourth-order valence-electron chi connectivity index (χ4n) is 4.06. The Hall–Kier alpha value is -2.08. The van der Waals surface area contributed by atoms with Gasteiger partial charge in [0.05, 0.1) is 0 Å². The van der Waals surface area contributed by atoms with Crippen LogP contribution in [-0.2, 0) is 9.59 Å². The summed E-state index contributed by atoms with van der Waals surface area (Å²) in [7, 11) is 3.85. The normalized spacial score (nSPS) is 19.4. The molecule has 2 rings (SSSR count). The van der Waals surface area contributed by atoms with Crippen LogP contribution in [0.25, 0.3) is 0 Å². The van der Waals surface area contributed by atoms with E-state index in [-0.39, 0.29) is 6.04 Å². The van der Waals surface area contributed by atoms with Crippen LogP contribution in [0.2, 0.25) is 0 Å². The van der Waals surface area contributed by atoms with Crippen LogP contribution in [0.5, 0.6) is 0 Å². The molecular weight excluding hydrogens is 316 g/mol. The van der Waals surface area contributed by atoms with Gasteiger partial charge in [0.1, 0.15) is 0 Å². The third-order valence-electron chi connectivity index (χ3n) is 4.75. The number of hydrogen-bond acceptors (Lipinski definition) is 4. The zero-order valence-corrected chi connectivity index (χ0v) is 16.1. The first-order valence-electron chi connectivity index (χ1n) is 8.63. The predicted octanol–water partition coefficient (Wildman–Crippen LogP) is 2.20. The second kappa shape index (κ2) is 6.67. The molecule has 6 nitrogen and oxygen atoms in total. The van der Waals surface area contributed by atoms with E-state index in [9.17, 15) is 9.59 Å². The fourth-order valence-corrected chi connectivity index (χ4v) is 4.06. The molecule has 0 unspecified atom stereocenters. The Morgan fingerprint density at radius 1 is 1.16 bits per heavy atom. The van der Waals surface area contributed by atoms with Gasteiger partial charge in [-0.3, -0.25) is 9.59 Å². The van der Waals surface area contributed by atoms with Crippen molar-refractivity contribution in [2.24, 2.45) is 5.73 Å². The number of benzene rings is 1. The van der Waals surface area contributed by atoms with Gasteiger partial charge >= 0.3 is 11.8 Å². The van der Waals surface area contributed by atoms with Gasteiger partial charge in [0.25, 0.3) is 0 Å². The minimum atomic E-state index is -0.618. The van der Waals surface area contributed by atoms with Crippen LogP contribution in [-0.4, -0.2) is 47.9 Å². The summed E-state index contributed by atoms with van der Waals surface area (Å²) in [4.78, 5) is 29.2. The molecule has 0 saturated carbocycles. The number of piperidine rings is 1. The number of nitrogens with two attached hydrogens (primary N) is 1. The molecule has 138 valence electrons. The van der Waals surface area contributed by atoms with Crippen molar-refractivity contribution >= 4 is 23.2 Å². The highest BCUT2D eigenvalue weighted by atomic mass is 16.2. The van der Waals surface area contributed by atoms with Gasteiger partial charge in [0.15, 0.2) is 0 Å². The number of rotatable bonds is 2. The van der Waals surface area contributed by atoms with Gasteiger partial charge in [-0.1, -0.05) is 6.07 Å². The Bertz CT molecular complexity index is 649. The average molecular weight is 346 g/mol. The van der Waals surface area contributed by atoms with Gasteiger partial charge in [-0.05, 0) is 58.7 Å². The molecular formula is C19H30N4O2. The van der Waals surface area contributed by atoms with E-state index in [1.807, 2.05) is 64.9 Å². The Kier molecular flexibility index (Phi) is 5.14. The maximum absolute atomic E-state index is 12.9. The average Bonchev–Trinajstić information content (AvgIpc) is 2.44. The summed E-state index contributed by atoms with van der Waals surface area (Å²) >= 11 is 0. The maximum Gasteiger partial charge on any atom is 0.313 e. The van der Waals surface area contributed by atoms with Crippen molar-refractivity contribution in [3.05, 3.63) is 24.3 Å². The molecule has 1 fully saturated rings. The van der Waals surface area contributed by atoms with Crippen LogP contribution in [0.3, 0.4) is 0 Å². The van der Waals surface area contributed by atoms with Crippen LogP contribution >= 0.6 is 0 Å². The third kappa shape index (κ3) is 4.12. The number of likely N-dealkylation sites (tertiary alicyclic amines) is 1. The van der Waals surface area contributed by atoms with E-state index in [2.05, 4.69) is 5.32 Å². The molecule has 0 bridgehead atoms. The summed E-state index contributed by atoms with van der Waals surface area (Å²) in [5.41, 5.74) is 6.77. The minimum absolute atomic E-state index is 0.0221. The number of hydrogen-bond donors (Lipinski definition) is 2. The van der Waals surface area contributed by atoms with Crippen LogP contribution in [0, 0.1) is 0 Å². The number of nitrogens with one attached hydrogen (secondary N) is 1. The molecule has 3 N–H and O–H groups in total. The summed E-state index contributed by atoms with van der Waals surface area (Å²) in [6.45, 7) is 7.86. The van der Waals surface area contributed by atoms with Gasteiger partial charge in [-0.25, -0.2) is 0 Å². The number of nitrogens with zero attached hydrogens (tertiary/aromatic N) is 2. The highest BCUT2D eigenvalue weighted by Crippen LogP contribution is 2.37. The highest BCUT2D eigenvalue weighted by molar-refractivity contribution is 6.39. The largest absolute Gasteiger partial charge is 0.378 e.